The molecule has 2 saturated heterocycles. The smallest absolute Gasteiger partial charge is 0.251 e. The van der Waals surface area contributed by atoms with Crippen LogP contribution in [0.25, 0.3) is 0 Å². The van der Waals surface area contributed by atoms with E-state index in [2.05, 4.69) is 15.5 Å². The molecule has 0 aromatic heterocycles. The van der Waals surface area contributed by atoms with Gasteiger partial charge in [-0.15, -0.1) is 0 Å². The predicted molar refractivity (Wildman–Crippen MR) is 153 cm³/mol. The minimum absolute atomic E-state index is 0.164. The zero-order valence-corrected chi connectivity index (χ0v) is 23.2. The summed E-state index contributed by atoms with van der Waals surface area (Å²) in [5, 5.41) is 6.68. The highest BCUT2D eigenvalue weighted by atomic mass is 35.5. The monoisotopic (exact) mass is 555 g/mol. The Labute approximate surface area is 237 Å². The number of para-hydroxylation sites is 1. The van der Waals surface area contributed by atoms with Gasteiger partial charge in [-0.05, 0) is 74.2 Å². The van der Waals surface area contributed by atoms with Crippen molar-refractivity contribution in [1.82, 2.24) is 4.90 Å². The number of halogens is 1. The third-order valence-corrected chi connectivity index (χ3v) is 9.46. The van der Waals surface area contributed by atoms with E-state index in [4.69, 9.17) is 16.3 Å². The summed E-state index contributed by atoms with van der Waals surface area (Å²) in [6.07, 6.45) is 2.36. The van der Waals surface area contributed by atoms with Gasteiger partial charge in [-0.2, -0.15) is 0 Å². The molecule has 4 atom stereocenters. The molecule has 8 heteroatoms. The number of nitrogens with one attached hydrogen (secondary N) is 2. The van der Waals surface area contributed by atoms with Crippen molar-refractivity contribution >= 4 is 40.6 Å². The largest absolute Gasteiger partial charge is 0.494 e. The molecule has 3 aromatic rings. The molecule has 40 heavy (non-hydrogen) atoms. The van der Waals surface area contributed by atoms with Crippen LogP contribution < -0.4 is 15.4 Å². The van der Waals surface area contributed by atoms with Crippen molar-refractivity contribution < 1.29 is 19.1 Å². The Morgan fingerprint density at radius 1 is 1.05 bits per heavy atom. The third-order valence-electron chi connectivity index (χ3n) is 9.24. The molecule has 7 nitrogen and oxygen atoms in total. The number of benzene rings is 3. The average molecular weight is 556 g/mol. The van der Waals surface area contributed by atoms with E-state index in [1.165, 1.54) is 0 Å². The van der Waals surface area contributed by atoms with E-state index < -0.39 is 16.9 Å². The molecule has 0 bridgehead atoms. The molecule has 204 valence electrons. The number of Topliss-reactive ketones (excluding diaryl/α,β-unsaturated/α-hetero) is 1. The predicted octanol–water partition coefficient (Wildman–Crippen LogP) is 5.45. The number of nitrogens with zero attached hydrogens (tertiary/aromatic N) is 1. The Morgan fingerprint density at radius 2 is 1.88 bits per heavy atom. The molecule has 0 radical (unpaired) electrons. The number of amides is 2. The second-order valence-corrected chi connectivity index (χ2v) is 11.7. The zero-order valence-electron chi connectivity index (χ0n) is 22.4. The minimum atomic E-state index is -1.50. The van der Waals surface area contributed by atoms with Gasteiger partial charge in [0.1, 0.15) is 16.7 Å². The molecule has 0 aliphatic carbocycles. The number of carbonyl (C=O) groups is 3. The molecule has 7 rings (SSSR count). The lowest BCUT2D eigenvalue weighted by Gasteiger charge is -2.43. The summed E-state index contributed by atoms with van der Waals surface area (Å²) in [6, 6.07) is 18.0. The zero-order chi connectivity index (χ0) is 27.8. The first-order valence-corrected chi connectivity index (χ1v) is 14.3. The van der Waals surface area contributed by atoms with Crippen LogP contribution in [0.1, 0.15) is 53.2 Å². The van der Waals surface area contributed by atoms with Crippen molar-refractivity contribution in [1.29, 1.82) is 0 Å². The van der Waals surface area contributed by atoms with Gasteiger partial charge in [0, 0.05) is 33.6 Å². The van der Waals surface area contributed by atoms with Gasteiger partial charge >= 0.3 is 0 Å². The summed E-state index contributed by atoms with van der Waals surface area (Å²) in [5.41, 5.74) is 0.986. The van der Waals surface area contributed by atoms with E-state index in [0.717, 1.165) is 18.4 Å². The molecule has 2 fully saturated rings. The Bertz CT molecular complexity index is 1600. The second kappa shape index (κ2) is 8.91. The van der Waals surface area contributed by atoms with Gasteiger partial charge in [0.2, 0.25) is 5.91 Å². The van der Waals surface area contributed by atoms with Crippen LogP contribution in [0.2, 0.25) is 5.02 Å². The molecule has 3 aromatic carbocycles. The van der Waals surface area contributed by atoms with Crippen molar-refractivity contribution in [3.63, 3.8) is 0 Å². The highest BCUT2D eigenvalue weighted by molar-refractivity contribution is 6.31. The van der Waals surface area contributed by atoms with Gasteiger partial charge in [-0.25, -0.2) is 0 Å². The number of aryl methyl sites for hydroxylation is 1. The number of hydrogen-bond acceptors (Lipinski definition) is 5. The number of ether oxygens (including phenoxy) is 1. The van der Waals surface area contributed by atoms with Crippen molar-refractivity contribution in [3.8, 4) is 5.75 Å². The first-order valence-electron chi connectivity index (χ1n) is 13.9. The standard InChI is InChI=1S/C32H30ClN3O4/c1-3-14-40-21-9-6-8-19(16-21)28(37)26-25-12-7-13-36(25)32(23-17-20(33)15-18(2)27(23)35-30(32)39)31(26)22-10-4-5-11-24(22)34-29(31)38/h4-6,8-11,15-17,25-26H,3,7,12-14H2,1-2H3,(H,34,38)(H,35,39)/t25-,26+,31+,32+/m1/s1. The van der Waals surface area contributed by atoms with Crippen LogP contribution in [-0.4, -0.2) is 41.7 Å². The van der Waals surface area contributed by atoms with Crippen LogP contribution in [0.15, 0.2) is 60.7 Å². The van der Waals surface area contributed by atoms with Gasteiger partial charge in [0.05, 0.1) is 12.5 Å². The highest BCUT2D eigenvalue weighted by Crippen LogP contribution is 2.68. The summed E-state index contributed by atoms with van der Waals surface area (Å²) in [5.74, 6) is -0.985. The van der Waals surface area contributed by atoms with E-state index in [-0.39, 0.29) is 23.6 Å². The van der Waals surface area contributed by atoms with E-state index in [1.54, 1.807) is 18.2 Å². The quantitative estimate of drug-likeness (QED) is 0.409. The van der Waals surface area contributed by atoms with Gasteiger partial charge in [-0.3, -0.25) is 19.3 Å². The third kappa shape index (κ3) is 3.02. The SMILES string of the molecule is CCCOc1cccc(C(=O)[C@@H]2[C@H]3CCCN3[C@@]3(C(=O)Nc4c(C)cc(Cl)cc43)[C@]23C(=O)Nc2ccccc23)c1. The highest BCUT2D eigenvalue weighted by Gasteiger charge is 2.81. The van der Waals surface area contributed by atoms with Crippen molar-refractivity contribution in [2.75, 3.05) is 23.8 Å². The number of fused-ring (bicyclic) bond motifs is 7. The molecule has 4 aliphatic rings. The Kier molecular flexibility index (Phi) is 5.64. The summed E-state index contributed by atoms with van der Waals surface area (Å²) in [6.45, 7) is 5.06. The molecule has 2 amide bonds. The first kappa shape index (κ1) is 25.3. The second-order valence-electron chi connectivity index (χ2n) is 11.2. The molecule has 4 aliphatic heterocycles. The van der Waals surface area contributed by atoms with Crippen LogP contribution in [-0.2, 0) is 20.5 Å². The number of anilines is 2. The van der Waals surface area contributed by atoms with Crippen molar-refractivity contribution in [2.24, 2.45) is 5.92 Å². The molecule has 2 N–H and O–H groups in total. The topological polar surface area (TPSA) is 87.7 Å². The summed E-state index contributed by atoms with van der Waals surface area (Å²) in [4.78, 5) is 46.1. The van der Waals surface area contributed by atoms with Crippen LogP contribution in [0.3, 0.4) is 0 Å². The van der Waals surface area contributed by atoms with Crippen molar-refractivity contribution in [2.45, 2.75) is 50.1 Å². The first-order chi connectivity index (χ1) is 19.3. The van der Waals surface area contributed by atoms with Gasteiger partial charge in [0.25, 0.3) is 5.91 Å². The normalized spacial score (nSPS) is 28.0. The Balaban J connectivity index is 1.53. The summed E-state index contributed by atoms with van der Waals surface area (Å²) in [7, 11) is 0. The van der Waals surface area contributed by atoms with E-state index >= 15 is 0 Å². The Hall–Kier alpha value is -3.68. The van der Waals surface area contributed by atoms with Gasteiger partial charge in [-0.1, -0.05) is 48.9 Å². The van der Waals surface area contributed by atoms with Crippen LogP contribution >= 0.6 is 11.6 Å². The molecular formula is C32H30ClN3O4. The maximum Gasteiger partial charge on any atom is 0.251 e. The summed E-state index contributed by atoms with van der Waals surface area (Å²) >= 11 is 6.63. The summed E-state index contributed by atoms with van der Waals surface area (Å²) < 4.78 is 5.85. The molecule has 0 saturated carbocycles. The maximum absolute atomic E-state index is 14.8. The fraction of sp³-hybridized carbons (Fsp3) is 0.344. The van der Waals surface area contributed by atoms with E-state index in [9.17, 15) is 14.4 Å². The fourth-order valence-electron chi connectivity index (χ4n) is 7.95. The lowest BCUT2D eigenvalue weighted by molar-refractivity contribution is -0.137. The average Bonchev–Trinajstić information content (AvgIpc) is 3.66. The lowest BCUT2D eigenvalue weighted by atomic mass is 9.57. The van der Waals surface area contributed by atoms with Gasteiger partial charge in [0.15, 0.2) is 5.78 Å². The van der Waals surface area contributed by atoms with Crippen LogP contribution in [0.4, 0.5) is 11.4 Å². The van der Waals surface area contributed by atoms with Crippen LogP contribution in [0.5, 0.6) is 5.75 Å². The molecule has 0 unspecified atom stereocenters. The minimum Gasteiger partial charge on any atom is -0.494 e. The molecule has 4 heterocycles. The Morgan fingerprint density at radius 3 is 2.70 bits per heavy atom. The maximum atomic E-state index is 14.8. The lowest BCUT2D eigenvalue weighted by Crippen LogP contribution is -2.62. The van der Waals surface area contributed by atoms with Crippen LogP contribution in [0, 0.1) is 12.8 Å². The number of carbonyl (C=O) groups excluding carboxylic acids is 3. The van der Waals surface area contributed by atoms with E-state index in [1.807, 2.05) is 56.3 Å². The number of rotatable bonds is 5. The van der Waals surface area contributed by atoms with E-state index in [0.29, 0.717) is 58.4 Å². The molecular weight excluding hydrogens is 526 g/mol. The van der Waals surface area contributed by atoms with Gasteiger partial charge < -0.3 is 15.4 Å². The van der Waals surface area contributed by atoms with Crippen molar-refractivity contribution in [3.05, 3.63) is 87.9 Å². The fourth-order valence-corrected chi connectivity index (χ4v) is 8.22. The molecule has 2 spiro atoms. The number of hydrogen-bond donors (Lipinski definition) is 2. The number of ketones is 1.